The highest BCUT2D eigenvalue weighted by atomic mass is 19.1. The molecule has 0 saturated heterocycles. The summed E-state index contributed by atoms with van der Waals surface area (Å²) in [7, 11) is 0. The van der Waals surface area contributed by atoms with Gasteiger partial charge in [-0.1, -0.05) is 11.3 Å². The largest absolute Gasteiger partial charge is 0.330 e. The monoisotopic (exact) mass is 234 g/mol. The topological polar surface area (TPSA) is 56.7 Å². The second-order valence-electron chi connectivity index (χ2n) is 4.02. The maximum Gasteiger partial charge on any atom is 0.123 e. The average molecular weight is 234 g/mol. The minimum Gasteiger partial charge on any atom is -0.330 e. The highest BCUT2D eigenvalue weighted by molar-refractivity contribution is 5.26. The van der Waals surface area contributed by atoms with Crippen molar-refractivity contribution in [1.82, 2.24) is 15.0 Å². The molecule has 1 aromatic heterocycles. The second kappa shape index (κ2) is 5.05. The van der Waals surface area contributed by atoms with Crippen LogP contribution in [0.15, 0.2) is 24.4 Å². The Kier molecular flexibility index (Phi) is 3.49. The van der Waals surface area contributed by atoms with Gasteiger partial charge in [0.05, 0.1) is 12.2 Å². The average Bonchev–Trinajstić information content (AvgIpc) is 2.71. The Morgan fingerprint density at radius 1 is 1.41 bits per heavy atom. The fourth-order valence-electron chi connectivity index (χ4n) is 1.69. The highest BCUT2D eigenvalue weighted by Crippen LogP contribution is 2.11. The minimum atomic E-state index is -0.214. The molecule has 0 aliphatic carbocycles. The van der Waals surface area contributed by atoms with E-state index in [4.69, 9.17) is 5.73 Å². The van der Waals surface area contributed by atoms with Crippen LogP contribution in [-0.2, 0) is 13.0 Å². The molecule has 0 radical (unpaired) electrons. The van der Waals surface area contributed by atoms with Gasteiger partial charge in [0.2, 0.25) is 0 Å². The number of rotatable bonds is 4. The summed E-state index contributed by atoms with van der Waals surface area (Å²) in [6, 6.07) is 4.75. The summed E-state index contributed by atoms with van der Waals surface area (Å²) in [5.41, 5.74) is 8.28. The molecule has 0 atom stereocenters. The van der Waals surface area contributed by atoms with Crippen molar-refractivity contribution in [2.75, 3.05) is 6.54 Å². The number of halogens is 1. The van der Waals surface area contributed by atoms with Gasteiger partial charge in [0.25, 0.3) is 0 Å². The van der Waals surface area contributed by atoms with E-state index in [1.54, 1.807) is 10.7 Å². The van der Waals surface area contributed by atoms with Gasteiger partial charge in [-0.3, -0.25) is 0 Å². The fraction of sp³-hybridized carbons (Fsp3) is 0.333. The zero-order valence-electron chi connectivity index (χ0n) is 9.73. The van der Waals surface area contributed by atoms with E-state index >= 15 is 0 Å². The molecule has 2 N–H and O–H groups in total. The van der Waals surface area contributed by atoms with Crippen molar-refractivity contribution >= 4 is 0 Å². The van der Waals surface area contributed by atoms with Gasteiger partial charge in [-0.05, 0) is 36.7 Å². The SMILES string of the molecule is Cc1cc(F)ccc1Cn1cc(CCN)nn1. The number of nitrogens with zero attached hydrogens (tertiary/aromatic N) is 3. The van der Waals surface area contributed by atoms with Crippen LogP contribution in [0.3, 0.4) is 0 Å². The normalized spacial score (nSPS) is 10.8. The van der Waals surface area contributed by atoms with E-state index in [0.29, 0.717) is 13.1 Å². The van der Waals surface area contributed by atoms with Gasteiger partial charge in [0, 0.05) is 12.6 Å². The highest BCUT2D eigenvalue weighted by Gasteiger charge is 2.04. The van der Waals surface area contributed by atoms with Gasteiger partial charge in [0.15, 0.2) is 0 Å². The number of hydrogen-bond donors (Lipinski definition) is 1. The van der Waals surface area contributed by atoms with Crippen molar-refractivity contribution in [3.63, 3.8) is 0 Å². The number of nitrogens with two attached hydrogens (primary N) is 1. The summed E-state index contributed by atoms with van der Waals surface area (Å²) < 4.78 is 14.7. The number of aromatic nitrogens is 3. The predicted octanol–water partition coefficient (Wildman–Crippen LogP) is 1.28. The summed E-state index contributed by atoms with van der Waals surface area (Å²) >= 11 is 0. The van der Waals surface area contributed by atoms with Crippen molar-refractivity contribution in [2.45, 2.75) is 19.9 Å². The molecular formula is C12H15FN4. The Balaban J connectivity index is 2.13. The van der Waals surface area contributed by atoms with Crippen LogP contribution in [0.4, 0.5) is 4.39 Å². The van der Waals surface area contributed by atoms with Gasteiger partial charge in [-0.25, -0.2) is 9.07 Å². The summed E-state index contributed by atoms with van der Waals surface area (Å²) in [4.78, 5) is 0. The molecule has 0 bridgehead atoms. The summed E-state index contributed by atoms with van der Waals surface area (Å²) in [6.07, 6.45) is 2.60. The van der Waals surface area contributed by atoms with Gasteiger partial charge in [-0.15, -0.1) is 5.10 Å². The van der Waals surface area contributed by atoms with Gasteiger partial charge in [0.1, 0.15) is 5.82 Å². The van der Waals surface area contributed by atoms with Gasteiger partial charge in [-0.2, -0.15) is 0 Å². The molecule has 0 amide bonds. The standard InChI is InChI=1S/C12H15FN4/c1-9-6-11(13)3-2-10(9)7-17-8-12(4-5-14)15-16-17/h2-3,6,8H,4-5,7,14H2,1H3. The van der Waals surface area contributed by atoms with Crippen molar-refractivity contribution in [1.29, 1.82) is 0 Å². The van der Waals surface area contributed by atoms with E-state index in [9.17, 15) is 4.39 Å². The fourth-order valence-corrected chi connectivity index (χ4v) is 1.69. The lowest BCUT2D eigenvalue weighted by molar-refractivity contribution is 0.619. The molecule has 4 nitrogen and oxygen atoms in total. The Morgan fingerprint density at radius 3 is 2.94 bits per heavy atom. The molecule has 90 valence electrons. The minimum absolute atomic E-state index is 0.214. The lowest BCUT2D eigenvalue weighted by atomic mass is 10.1. The third-order valence-electron chi connectivity index (χ3n) is 2.62. The van der Waals surface area contributed by atoms with Gasteiger partial charge >= 0.3 is 0 Å². The van der Waals surface area contributed by atoms with E-state index in [0.717, 1.165) is 23.2 Å². The van der Waals surface area contributed by atoms with Crippen LogP contribution in [0, 0.1) is 12.7 Å². The smallest absolute Gasteiger partial charge is 0.123 e. The van der Waals surface area contributed by atoms with Gasteiger partial charge < -0.3 is 5.73 Å². The first kappa shape index (κ1) is 11.7. The molecule has 0 saturated carbocycles. The molecular weight excluding hydrogens is 219 g/mol. The first-order chi connectivity index (χ1) is 8.19. The van der Waals surface area contributed by atoms with Crippen LogP contribution in [0.25, 0.3) is 0 Å². The molecule has 0 aliphatic heterocycles. The predicted molar refractivity (Wildman–Crippen MR) is 63.0 cm³/mol. The second-order valence-corrected chi connectivity index (χ2v) is 4.02. The van der Waals surface area contributed by atoms with E-state index < -0.39 is 0 Å². The summed E-state index contributed by atoms with van der Waals surface area (Å²) in [5, 5.41) is 8.02. The molecule has 5 heteroatoms. The molecule has 2 aromatic rings. The van der Waals surface area contributed by atoms with Crippen LogP contribution in [0.2, 0.25) is 0 Å². The van der Waals surface area contributed by atoms with E-state index in [-0.39, 0.29) is 5.82 Å². The van der Waals surface area contributed by atoms with Crippen LogP contribution in [-0.4, -0.2) is 21.5 Å². The third kappa shape index (κ3) is 2.88. The molecule has 1 heterocycles. The molecule has 2 rings (SSSR count). The van der Waals surface area contributed by atoms with Crippen LogP contribution < -0.4 is 5.73 Å². The molecule has 0 spiro atoms. The summed E-state index contributed by atoms with van der Waals surface area (Å²) in [6.45, 7) is 3.05. The van der Waals surface area contributed by atoms with Crippen LogP contribution in [0.1, 0.15) is 16.8 Å². The van der Waals surface area contributed by atoms with Crippen molar-refractivity contribution < 1.29 is 4.39 Å². The maximum absolute atomic E-state index is 12.9. The molecule has 1 aromatic carbocycles. The lowest BCUT2D eigenvalue weighted by Gasteiger charge is -2.05. The molecule has 0 unspecified atom stereocenters. The van der Waals surface area contributed by atoms with E-state index in [1.807, 2.05) is 13.1 Å². The molecule has 0 fully saturated rings. The first-order valence-corrected chi connectivity index (χ1v) is 5.53. The Morgan fingerprint density at radius 2 is 2.24 bits per heavy atom. The molecule has 17 heavy (non-hydrogen) atoms. The first-order valence-electron chi connectivity index (χ1n) is 5.53. The Hall–Kier alpha value is -1.75. The summed E-state index contributed by atoms with van der Waals surface area (Å²) in [5.74, 6) is -0.214. The van der Waals surface area contributed by atoms with Crippen LogP contribution in [0.5, 0.6) is 0 Å². The number of benzene rings is 1. The number of hydrogen-bond acceptors (Lipinski definition) is 3. The zero-order valence-corrected chi connectivity index (χ0v) is 9.73. The van der Waals surface area contributed by atoms with Crippen molar-refractivity contribution in [3.8, 4) is 0 Å². The lowest BCUT2D eigenvalue weighted by Crippen LogP contribution is -2.03. The number of aryl methyl sites for hydroxylation is 1. The Labute approximate surface area is 99.2 Å². The zero-order chi connectivity index (χ0) is 12.3. The van der Waals surface area contributed by atoms with E-state index in [1.165, 1.54) is 12.1 Å². The van der Waals surface area contributed by atoms with Crippen molar-refractivity contribution in [2.24, 2.45) is 5.73 Å². The van der Waals surface area contributed by atoms with Crippen molar-refractivity contribution in [3.05, 3.63) is 47.0 Å². The quantitative estimate of drug-likeness (QED) is 0.866. The third-order valence-corrected chi connectivity index (χ3v) is 2.62. The van der Waals surface area contributed by atoms with Crippen LogP contribution >= 0.6 is 0 Å². The maximum atomic E-state index is 12.9. The van der Waals surface area contributed by atoms with E-state index in [2.05, 4.69) is 10.3 Å². The molecule has 0 aliphatic rings. The Bertz CT molecular complexity index is 507.